The van der Waals surface area contributed by atoms with Crippen molar-refractivity contribution in [3.05, 3.63) is 51.7 Å². The molecule has 1 aliphatic rings. The van der Waals surface area contributed by atoms with Crippen molar-refractivity contribution in [3.8, 4) is 0 Å². The zero-order chi connectivity index (χ0) is 18.0. The fourth-order valence-corrected chi connectivity index (χ4v) is 3.85. The minimum absolute atomic E-state index is 0.00327. The van der Waals surface area contributed by atoms with Crippen LogP contribution in [0.1, 0.15) is 40.8 Å². The molecule has 0 spiro atoms. The van der Waals surface area contributed by atoms with Crippen molar-refractivity contribution in [2.75, 3.05) is 6.54 Å². The first-order chi connectivity index (χ1) is 11.9. The largest absolute Gasteiger partial charge is 0.481 e. The summed E-state index contributed by atoms with van der Waals surface area (Å²) in [5, 5.41) is 11.6. The molecule has 2 aromatic rings. The average Bonchev–Trinajstić information content (AvgIpc) is 3.03. The Bertz CT molecular complexity index is 792. The van der Waals surface area contributed by atoms with Gasteiger partial charge >= 0.3 is 5.97 Å². The number of aromatic nitrogens is 1. The molecule has 1 aliphatic heterocycles. The molecule has 0 aliphatic carbocycles. The number of carbonyl (C=O) groups excluding carboxylic acids is 1. The first-order valence-corrected chi connectivity index (χ1v) is 9.04. The van der Waals surface area contributed by atoms with E-state index in [2.05, 4.69) is 4.98 Å². The van der Waals surface area contributed by atoms with Gasteiger partial charge in [-0.15, -0.1) is 11.3 Å². The lowest BCUT2D eigenvalue weighted by atomic mass is 9.93. The zero-order valence-corrected chi connectivity index (χ0v) is 14.6. The van der Waals surface area contributed by atoms with E-state index in [4.69, 9.17) is 0 Å². The highest BCUT2D eigenvalue weighted by Crippen LogP contribution is 2.25. The molecular formula is C18H19FN2O3S. The predicted molar refractivity (Wildman–Crippen MR) is 92.2 cm³/mol. The second-order valence-electron chi connectivity index (χ2n) is 6.35. The number of hydrogen-bond acceptors (Lipinski definition) is 4. The van der Waals surface area contributed by atoms with Crippen molar-refractivity contribution in [1.29, 1.82) is 0 Å². The highest BCUT2D eigenvalue weighted by atomic mass is 32.1. The Labute approximate surface area is 149 Å². The molecule has 1 fully saturated rings. The number of aliphatic carboxylic acids is 1. The smallest absolute Gasteiger partial charge is 0.308 e. The summed E-state index contributed by atoms with van der Waals surface area (Å²) in [5.74, 6) is -1.92. The number of carboxylic acids is 1. The van der Waals surface area contributed by atoms with Crippen LogP contribution < -0.4 is 0 Å². The fourth-order valence-electron chi connectivity index (χ4n) is 3.05. The normalized spacial score (nSPS) is 20.5. The summed E-state index contributed by atoms with van der Waals surface area (Å²) < 4.78 is 13.3. The topological polar surface area (TPSA) is 70.5 Å². The van der Waals surface area contributed by atoms with Gasteiger partial charge in [0.25, 0.3) is 5.91 Å². The molecular weight excluding hydrogens is 343 g/mol. The highest BCUT2D eigenvalue weighted by molar-refractivity contribution is 7.09. The summed E-state index contributed by atoms with van der Waals surface area (Å²) >= 11 is 1.35. The lowest BCUT2D eigenvalue weighted by Crippen LogP contribution is -2.47. The second kappa shape index (κ2) is 7.31. The molecule has 2 unspecified atom stereocenters. The molecule has 0 saturated carbocycles. The number of thiazole rings is 1. The van der Waals surface area contributed by atoms with Gasteiger partial charge in [-0.3, -0.25) is 9.59 Å². The Morgan fingerprint density at radius 1 is 1.40 bits per heavy atom. The van der Waals surface area contributed by atoms with E-state index in [1.807, 2.05) is 13.0 Å². The molecule has 1 amide bonds. The molecule has 2 atom stereocenters. The van der Waals surface area contributed by atoms with Crippen LogP contribution in [0.15, 0.2) is 29.6 Å². The molecule has 25 heavy (non-hydrogen) atoms. The maximum atomic E-state index is 13.3. The number of carboxylic acid groups (broad SMARTS) is 1. The van der Waals surface area contributed by atoms with E-state index < -0.39 is 11.9 Å². The van der Waals surface area contributed by atoms with Crippen LogP contribution in [-0.4, -0.2) is 39.5 Å². The fraction of sp³-hybridized carbons (Fsp3) is 0.389. The van der Waals surface area contributed by atoms with Gasteiger partial charge in [0.05, 0.1) is 10.9 Å². The van der Waals surface area contributed by atoms with Crippen LogP contribution in [0, 0.1) is 11.7 Å². The van der Waals surface area contributed by atoms with Crippen molar-refractivity contribution in [2.24, 2.45) is 5.92 Å². The lowest BCUT2D eigenvalue weighted by molar-refractivity contribution is -0.143. The summed E-state index contributed by atoms with van der Waals surface area (Å²) in [6, 6.07) is 6.29. The minimum atomic E-state index is -0.866. The Balaban J connectivity index is 1.72. The van der Waals surface area contributed by atoms with Gasteiger partial charge in [-0.1, -0.05) is 12.1 Å². The Morgan fingerprint density at radius 3 is 2.92 bits per heavy atom. The van der Waals surface area contributed by atoms with Crippen LogP contribution in [0.2, 0.25) is 0 Å². The molecule has 1 N–H and O–H groups in total. The number of rotatable bonds is 4. The number of amides is 1. The third kappa shape index (κ3) is 4.04. The third-order valence-corrected chi connectivity index (χ3v) is 5.36. The molecule has 2 heterocycles. The zero-order valence-electron chi connectivity index (χ0n) is 13.8. The molecule has 3 rings (SSSR count). The standard InChI is InChI=1S/C18H19FN2O3S/c1-11-5-6-13(18(23)24)9-21(11)17(22)15-10-25-16(20-15)8-12-3-2-4-14(19)7-12/h2-4,7,10-11,13H,5-6,8-9H2,1H3,(H,23,24). The molecule has 7 heteroatoms. The molecule has 0 bridgehead atoms. The summed E-state index contributed by atoms with van der Waals surface area (Å²) in [5.41, 5.74) is 1.12. The first-order valence-electron chi connectivity index (χ1n) is 8.16. The van der Waals surface area contributed by atoms with Gasteiger partial charge in [-0.25, -0.2) is 9.37 Å². The highest BCUT2D eigenvalue weighted by Gasteiger charge is 2.33. The van der Waals surface area contributed by atoms with Gasteiger partial charge < -0.3 is 10.0 Å². The van der Waals surface area contributed by atoms with Gasteiger partial charge in [0.1, 0.15) is 11.5 Å². The maximum absolute atomic E-state index is 13.3. The van der Waals surface area contributed by atoms with Gasteiger partial charge in [-0.2, -0.15) is 0 Å². The molecule has 1 aromatic carbocycles. The first kappa shape index (κ1) is 17.5. The minimum Gasteiger partial charge on any atom is -0.481 e. The third-order valence-electron chi connectivity index (χ3n) is 4.51. The number of halogens is 1. The number of benzene rings is 1. The summed E-state index contributed by atoms with van der Waals surface area (Å²) in [7, 11) is 0. The molecule has 5 nitrogen and oxygen atoms in total. The van der Waals surface area contributed by atoms with Gasteiger partial charge in [-0.05, 0) is 37.5 Å². The Kier molecular flexibility index (Phi) is 5.13. The van der Waals surface area contributed by atoms with Crippen molar-refractivity contribution in [2.45, 2.75) is 32.2 Å². The predicted octanol–water partition coefficient (Wildman–Crippen LogP) is 3.20. The van der Waals surface area contributed by atoms with E-state index in [1.54, 1.807) is 16.3 Å². The second-order valence-corrected chi connectivity index (χ2v) is 7.29. The van der Waals surface area contributed by atoms with Crippen molar-refractivity contribution < 1.29 is 19.1 Å². The SMILES string of the molecule is CC1CCC(C(=O)O)CN1C(=O)c1csc(Cc2cccc(F)c2)n1. The van der Waals surface area contributed by atoms with Gasteiger partial charge in [0.15, 0.2) is 0 Å². The van der Waals surface area contributed by atoms with Crippen LogP contribution in [0.25, 0.3) is 0 Å². The number of nitrogens with zero attached hydrogens (tertiary/aromatic N) is 2. The number of carbonyl (C=O) groups is 2. The van der Waals surface area contributed by atoms with E-state index in [9.17, 15) is 19.1 Å². The molecule has 0 radical (unpaired) electrons. The van der Waals surface area contributed by atoms with Crippen LogP contribution in [0.4, 0.5) is 4.39 Å². The van der Waals surface area contributed by atoms with Crippen LogP contribution in [-0.2, 0) is 11.2 Å². The monoisotopic (exact) mass is 362 g/mol. The maximum Gasteiger partial charge on any atom is 0.308 e. The Morgan fingerprint density at radius 2 is 2.20 bits per heavy atom. The van der Waals surface area contributed by atoms with Crippen molar-refractivity contribution in [1.82, 2.24) is 9.88 Å². The molecule has 132 valence electrons. The number of likely N-dealkylation sites (tertiary alicyclic amines) is 1. The van der Waals surface area contributed by atoms with E-state index in [1.165, 1.54) is 23.5 Å². The van der Waals surface area contributed by atoms with Crippen LogP contribution >= 0.6 is 11.3 Å². The summed E-state index contributed by atoms with van der Waals surface area (Å²) in [6.45, 7) is 2.14. The summed E-state index contributed by atoms with van der Waals surface area (Å²) in [6.07, 6.45) is 1.72. The van der Waals surface area contributed by atoms with Gasteiger partial charge in [0.2, 0.25) is 0 Å². The van der Waals surface area contributed by atoms with E-state index >= 15 is 0 Å². The quantitative estimate of drug-likeness (QED) is 0.907. The van der Waals surface area contributed by atoms with E-state index in [0.717, 1.165) is 10.6 Å². The Hall–Kier alpha value is -2.28. The van der Waals surface area contributed by atoms with Crippen LogP contribution in [0.3, 0.4) is 0 Å². The lowest BCUT2D eigenvalue weighted by Gasteiger charge is -2.36. The molecule has 1 saturated heterocycles. The van der Waals surface area contributed by atoms with E-state index in [0.29, 0.717) is 25.0 Å². The summed E-state index contributed by atoms with van der Waals surface area (Å²) in [4.78, 5) is 29.9. The number of piperidine rings is 1. The average molecular weight is 362 g/mol. The molecule has 1 aromatic heterocycles. The van der Waals surface area contributed by atoms with Gasteiger partial charge in [0, 0.05) is 24.4 Å². The van der Waals surface area contributed by atoms with Crippen LogP contribution in [0.5, 0.6) is 0 Å². The van der Waals surface area contributed by atoms with Crippen molar-refractivity contribution >= 4 is 23.2 Å². The van der Waals surface area contributed by atoms with Crippen molar-refractivity contribution in [3.63, 3.8) is 0 Å². The number of hydrogen-bond donors (Lipinski definition) is 1. The van der Waals surface area contributed by atoms with E-state index in [-0.39, 0.29) is 24.3 Å².